The average molecular weight is 476 g/mol. The summed E-state index contributed by atoms with van der Waals surface area (Å²) in [5.74, 6) is 0.678. The van der Waals surface area contributed by atoms with Gasteiger partial charge in [-0.1, -0.05) is 0 Å². The predicted octanol–water partition coefficient (Wildman–Crippen LogP) is 1.74. The molecule has 1 aliphatic heterocycles. The number of carbonyl (C=O) groups excluding carboxylic acids is 3. The molecule has 0 radical (unpaired) electrons. The Kier molecular flexibility index (Phi) is 8.61. The number of ether oxygens (including phenoxy) is 2. The highest BCUT2D eigenvalue weighted by molar-refractivity contribution is 7.13. The van der Waals surface area contributed by atoms with E-state index in [1.165, 1.54) is 18.4 Å². The zero-order valence-electron chi connectivity index (χ0n) is 19.0. The van der Waals surface area contributed by atoms with Gasteiger partial charge in [-0.2, -0.15) is 0 Å². The lowest BCUT2D eigenvalue weighted by Gasteiger charge is -2.30. The molecule has 0 unspecified atom stereocenters. The molecule has 3 N–H and O–H groups in total. The summed E-state index contributed by atoms with van der Waals surface area (Å²) in [4.78, 5) is 42.9. The van der Waals surface area contributed by atoms with Crippen molar-refractivity contribution in [2.24, 2.45) is 5.92 Å². The molecular formula is C22H29N5O5S. The van der Waals surface area contributed by atoms with Gasteiger partial charge in [0.1, 0.15) is 11.5 Å². The van der Waals surface area contributed by atoms with E-state index in [0.29, 0.717) is 53.9 Å². The highest BCUT2D eigenvalue weighted by Gasteiger charge is 2.26. The van der Waals surface area contributed by atoms with Crippen LogP contribution in [0.25, 0.3) is 0 Å². The number of carbonyl (C=O) groups is 3. The number of nitrogens with one attached hydrogen (secondary N) is 3. The van der Waals surface area contributed by atoms with Crippen molar-refractivity contribution in [1.82, 2.24) is 15.2 Å². The summed E-state index contributed by atoms with van der Waals surface area (Å²) in [7, 11) is 4.68. The van der Waals surface area contributed by atoms with Crippen LogP contribution in [0.5, 0.6) is 11.5 Å². The minimum atomic E-state index is -0.146. The van der Waals surface area contributed by atoms with Gasteiger partial charge in [0, 0.05) is 24.4 Å². The van der Waals surface area contributed by atoms with Crippen LogP contribution < -0.4 is 25.4 Å². The summed E-state index contributed by atoms with van der Waals surface area (Å²) < 4.78 is 10.5. The lowest BCUT2D eigenvalue weighted by Crippen LogP contribution is -2.41. The molecule has 3 amide bonds. The number of nitrogens with zero attached hydrogens (tertiary/aromatic N) is 2. The Morgan fingerprint density at radius 1 is 1.12 bits per heavy atom. The van der Waals surface area contributed by atoms with Gasteiger partial charge in [-0.05, 0) is 38.1 Å². The highest BCUT2D eigenvalue weighted by atomic mass is 32.1. The van der Waals surface area contributed by atoms with Crippen LogP contribution in [-0.4, -0.2) is 68.5 Å². The third-order valence-corrected chi connectivity index (χ3v) is 6.22. The largest absolute Gasteiger partial charge is 0.497 e. The first-order valence-corrected chi connectivity index (χ1v) is 11.5. The Bertz CT molecular complexity index is 987. The Morgan fingerprint density at radius 2 is 1.88 bits per heavy atom. The summed E-state index contributed by atoms with van der Waals surface area (Å²) in [5.41, 5.74) is 1.21. The van der Waals surface area contributed by atoms with E-state index >= 15 is 0 Å². The first kappa shape index (κ1) is 24.5. The van der Waals surface area contributed by atoms with E-state index in [-0.39, 0.29) is 36.6 Å². The average Bonchev–Trinajstić information content (AvgIpc) is 3.25. The Balaban J connectivity index is 1.44. The topological polar surface area (TPSA) is 122 Å². The van der Waals surface area contributed by atoms with Crippen molar-refractivity contribution in [2.45, 2.75) is 19.3 Å². The number of anilines is 2. The third-order valence-electron chi connectivity index (χ3n) is 5.41. The molecule has 1 aromatic heterocycles. The Hall–Kier alpha value is -3.18. The van der Waals surface area contributed by atoms with Crippen molar-refractivity contribution in [3.8, 4) is 11.5 Å². The molecule has 1 fully saturated rings. The molecule has 0 bridgehead atoms. The number of benzene rings is 1. The lowest BCUT2D eigenvalue weighted by molar-refractivity contribution is -0.122. The normalized spacial score (nSPS) is 14.4. The van der Waals surface area contributed by atoms with Gasteiger partial charge in [-0.15, -0.1) is 11.3 Å². The van der Waals surface area contributed by atoms with Crippen LogP contribution in [0.2, 0.25) is 0 Å². The van der Waals surface area contributed by atoms with Crippen LogP contribution in [0.3, 0.4) is 0 Å². The molecule has 2 heterocycles. The number of amides is 3. The molecule has 33 heavy (non-hydrogen) atoms. The van der Waals surface area contributed by atoms with Gasteiger partial charge in [0.2, 0.25) is 17.7 Å². The van der Waals surface area contributed by atoms with E-state index in [9.17, 15) is 14.4 Å². The second-order valence-corrected chi connectivity index (χ2v) is 8.51. The number of aromatic nitrogens is 1. The SMILES string of the molecule is CNC(=O)Cc1csc(NC(=O)C2CCN(CC(=O)Nc3ccc(OC)cc3OC)CC2)n1. The van der Waals surface area contributed by atoms with Gasteiger partial charge >= 0.3 is 0 Å². The van der Waals surface area contributed by atoms with E-state index in [2.05, 4.69) is 20.9 Å². The van der Waals surface area contributed by atoms with Crippen molar-refractivity contribution in [1.29, 1.82) is 0 Å². The summed E-state index contributed by atoms with van der Waals surface area (Å²) in [6.45, 7) is 1.52. The van der Waals surface area contributed by atoms with Gasteiger partial charge < -0.3 is 25.4 Å². The zero-order chi connectivity index (χ0) is 23.8. The highest BCUT2D eigenvalue weighted by Crippen LogP contribution is 2.29. The van der Waals surface area contributed by atoms with Crippen LogP contribution in [0.1, 0.15) is 18.5 Å². The van der Waals surface area contributed by atoms with E-state index in [0.717, 1.165) is 0 Å². The molecule has 11 heteroatoms. The van der Waals surface area contributed by atoms with Crippen LogP contribution in [0.4, 0.5) is 10.8 Å². The molecular weight excluding hydrogens is 446 g/mol. The summed E-state index contributed by atoms with van der Waals surface area (Å²) in [5, 5.41) is 10.5. The molecule has 10 nitrogen and oxygen atoms in total. The number of likely N-dealkylation sites (N-methyl/N-ethyl adjacent to an activating group) is 1. The van der Waals surface area contributed by atoms with Gasteiger partial charge in [-0.3, -0.25) is 19.3 Å². The molecule has 0 saturated carbocycles. The summed E-state index contributed by atoms with van der Waals surface area (Å²) in [6.07, 6.45) is 1.49. The van der Waals surface area contributed by atoms with Crippen molar-refractivity contribution >= 4 is 39.9 Å². The predicted molar refractivity (Wildman–Crippen MR) is 126 cm³/mol. The maximum Gasteiger partial charge on any atom is 0.238 e. The molecule has 0 atom stereocenters. The Morgan fingerprint density at radius 3 is 2.55 bits per heavy atom. The van der Waals surface area contributed by atoms with E-state index < -0.39 is 0 Å². The fourth-order valence-corrected chi connectivity index (χ4v) is 4.27. The van der Waals surface area contributed by atoms with Gasteiger partial charge in [0.15, 0.2) is 5.13 Å². The van der Waals surface area contributed by atoms with Crippen molar-refractivity contribution < 1.29 is 23.9 Å². The summed E-state index contributed by atoms with van der Waals surface area (Å²) in [6, 6.07) is 5.21. The molecule has 178 valence electrons. The van der Waals surface area contributed by atoms with Crippen LogP contribution >= 0.6 is 11.3 Å². The molecule has 2 aromatic rings. The minimum absolute atomic E-state index is 0.0806. The molecule has 1 aliphatic rings. The monoisotopic (exact) mass is 475 g/mol. The quantitative estimate of drug-likeness (QED) is 0.505. The van der Waals surface area contributed by atoms with Gasteiger partial charge in [-0.25, -0.2) is 4.98 Å². The number of methoxy groups -OCH3 is 2. The Labute approximate surface area is 196 Å². The first-order valence-electron chi connectivity index (χ1n) is 10.6. The van der Waals surface area contributed by atoms with E-state index in [1.807, 2.05) is 4.90 Å². The van der Waals surface area contributed by atoms with Crippen LogP contribution in [0, 0.1) is 5.92 Å². The van der Waals surface area contributed by atoms with E-state index in [4.69, 9.17) is 9.47 Å². The standard InChI is InChI=1S/C22H29N5O5S/c1-23-19(28)10-15-13-33-22(24-15)26-21(30)14-6-8-27(9-7-14)12-20(29)25-17-5-4-16(31-2)11-18(17)32-3/h4-5,11,13-14H,6-10,12H2,1-3H3,(H,23,28)(H,25,29)(H,24,26,30). The maximum absolute atomic E-state index is 12.6. The van der Waals surface area contributed by atoms with E-state index in [1.54, 1.807) is 37.7 Å². The second kappa shape index (κ2) is 11.6. The van der Waals surface area contributed by atoms with Crippen LogP contribution in [0.15, 0.2) is 23.6 Å². The lowest BCUT2D eigenvalue weighted by atomic mass is 9.96. The number of piperidine rings is 1. The zero-order valence-corrected chi connectivity index (χ0v) is 19.8. The second-order valence-electron chi connectivity index (χ2n) is 7.65. The van der Waals surface area contributed by atoms with Crippen molar-refractivity contribution in [3.05, 3.63) is 29.3 Å². The fourth-order valence-electron chi connectivity index (χ4n) is 3.55. The number of rotatable bonds is 9. The van der Waals surface area contributed by atoms with Crippen molar-refractivity contribution in [3.63, 3.8) is 0 Å². The molecule has 3 rings (SSSR count). The first-order chi connectivity index (χ1) is 15.9. The number of hydrogen-bond donors (Lipinski definition) is 3. The molecule has 0 aliphatic carbocycles. The smallest absolute Gasteiger partial charge is 0.238 e. The maximum atomic E-state index is 12.6. The number of likely N-dealkylation sites (tertiary alicyclic amines) is 1. The van der Waals surface area contributed by atoms with Crippen LogP contribution in [-0.2, 0) is 20.8 Å². The summed E-state index contributed by atoms with van der Waals surface area (Å²) >= 11 is 1.30. The molecule has 1 saturated heterocycles. The minimum Gasteiger partial charge on any atom is -0.497 e. The van der Waals surface area contributed by atoms with Gasteiger partial charge in [0.25, 0.3) is 0 Å². The molecule has 0 spiro atoms. The van der Waals surface area contributed by atoms with Crippen molar-refractivity contribution in [2.75, 3.05) is 51.5 Å². The number of thiazole rings is 1. The van der Waals surface area contributed by atoms with Gasteiger partial charge in [0.05, 0.1) is 38.6 Å². The third kappa shape index (κ3) is 6.90. The fraction of sp³-hybridized carbons (Fsp3) is 0.455. The number of hydrogen-bond acceptors (Lipinski definition) is 8. The molecule has 1 aromatic carbocycles.